The van der Waals surface area contributed by atoms with Crippen LogP contribution in [0.25, 0.3) is 0 Å². The first-order valence-electron chi connectivity index (χ1n) is 7.04. The topological polar surface area (TPSA) is 32.8 Å². The summed E-state index contributed by atoms with van der Waals surface area (Å²) in [5, 5.41) is 0. The molecule has 0 unspecified atom stereocenters. The molecule has 2 aliphatic rings. The van der Waals surface area contributed by atoms with Gasteiger partial charge in [0.1, 0.15) is 13.2 Å². The Labute approximate surface area is 121 Å². The summed E-state index contributed by atoms with van der Waals surface area (Å²) in [5.74, 6) is -4.63. The molecule has 8 heteroatoms. The SMILES string of the molecule is CN1[C@@H]2CC[C@H]1CN(C(=O)COCC(F)(F)C(F)F)CC2. The van der Waals surface area contributed by atoms with Gasteiger partial charge >= 0.3 is 12.3 Å². The smallest absolute Gasteiger partial charge is 0.330 e. The van der Waals surface area contributed by atoms with Crippen LogP contribution in [0.3, 0.4) is 0 Å². The average molecular weight is 312 g/mol. The van der Waals surface area contributed by atoms with Crippen LogP contribution >= 0.6 is 0 Å². The lowest BCUT2D eigenvalue weighted by atomic mass is 10.1. The molecule has 2 fully saturated rings. The van der Waals surface area contributed by atoms with Gasteiger partial charge < -0.3 is 9.64 Å². The van der Waals surface area contributed by atoms with E-state index in [0.717, 1.165) is 19.3 Å². The Morgan fingerprint density at radius 1 is 1.29 bits per heavy atom. The minimum Gasteiger partial charge on any atom is -0.365 e. The van der Waals surface area contributed by atoms with Crippen LogP contribution in [-0.4, -0.2) is 73.5 Å². The van der Waals surface area contributed by atoms with Crippen molar-refractivity contribution in [3.05, 3.63) is 0 Å². The third-order valence-corrected chi connectivity index (χ3v) is 4.34. The Hall–Kier alpha value is -0.890. The molecule has 0 saturated carbocycles. The Morgan fingerprint density at radius 2 is 1.95 bits per heavy atom. The predicted octanol–water partition coefficient (Wildman–Crippen LogP) is 1.60. The second kappa shape index (κ2) is 6.48. The molecule has 0 N–H and O–H groups in total. The van der Waals surface area contributed by atoms with Gasteiger partial charge in [-0.3, -0.25) is 9.69 Å². The van der Waals surface area contributed by atoms with E-state index in [2.05, 4.69) is 9.64 Å². The molecule has 0 aromatic carbocycles. The number of alkyl halides is 4. The number of rotatable bonds is 5. The number of carbonyl (C=O) groups excluding carboxylic acids is 1. The van der Waals surface area contributed by atoms with Crippen LogP contribution in [0, 0.1) is 0 Å². The number of amides is 1. The highest BCUT2D eigenvalue weighted by Crippen LogP contribution is 2.28. The fourth-order valence-electron chi connectivity index (χ4n) is 2.96. The maximum absolute atomic E-state index is 12.7. The van der Waals surface area contributed by atoms with E-state index < -0.39 is 31.5 Å². The molecule has 2 heterocycles. The maximum atomic E-state index is 12.7. The van der Waals surface area contributed by atoms with Gasteiger partial charge in [-0.2, -0.15) is 8.78 Å². The third-order valence-electron chi connectivity index (χ3n) is 4.34. The van der Waals surface area contributed by atoms with Crippen molar-refractivity contribution in [2.24, 2.45) is 0 Å². The summed E-state index contributed by atoms with van der Waals surface area (Å²) in [6.07, 6.45) is -0.822. The van der Waals surface area contributed by atoms with Gasteiger partial charge in [0.25, 0.3) is 0 Å². The number of halogens is 4. The van der Waals surface area contributed by atoms with Gasteiger partial charge in [0, 0.05) is 25.2 Å². The first kappa shape index (κ1) is 16.5. The van der Waals surface area contributed by atoms with E-state index in [1.165, 1.54) is 0 Å². The predicted molar refractivity (Wildman–Crippen MR) is 67.5 cm³/mol. The molecule has 2 rings (SSSR count). The van der Waals surface area contributed by atoms with Gasteiger partial charge in [-0.1, -0.05) is 0 Å². The summed E-state index contributed by atoms with van der Waals surface area (Å²) in [6, 6.07) is 0.737. The molecule has 21 heavy (non-hydrogen) atoms. The molecular formula is C13H20F4N2O2. The number of carbonyl (C=O) groups is 1. The van der Waals surface area contributed by atoms with Crippen LogP contribution in [0.15, 0.2) is 0 Å². The van der Waals surface area contributed by atoms with Crippen molar-refractivity contribution in [3.8, 4) is 0 Å². The molecule has 2 saturated heterocycles. The van der Waals surface area contributed by atoms with E-state index in [4.69, 9.17) is 0 Å². The monoisotopic (exact) mass is 312 g/mol. The van der Waals surface area contributed by atoms with Gasteiger partial charge in [-0.15, -0.1) is 0 Å². The maximum Gasteiger partial charge on any atom is 0.330 e. The lowest BCUT2D eigenvalue weighted by Crippen LogP contribution is -2.42. The van der Waals surface area contributed by atoms with Crippen molar-refractivity contribution in [1.29, 1.82) is 0 Å². The Kier molecular flexibility index (Phi) is 5.08. The molecule has 2 aliphatic heterocycles. The molecular weight excluding hydrogens is 292 g/mol. The number of fused-ring (bicyclic) bond motifs is 2. The van der Waals surface area contributed by atoms with Crippen LogP contribution in [0.4, 0.5) is 17.6 Å². The number of likely N-dealkylation sites (tertiary alicyclic amines) is 1. The van der Waals surface area contributed by atoms with Crippen molar-refractivity contribution < 1.29 is 27.1 Å². The standard InChI is InChI=1S/C13H20F4N2O2/c1-18-9-2-3-10(18)6-19(5-4-9)11(20)7-21-8-13(16,17)12(14)15/h9-10,12H,2-8H2,1H3/t9-,10+/m1/s1. The fourth-order valence-corrected chi connectivity index (χ4v) is 2.96. The molecule has 0 aromatic heterocycles. The van der Waals surface area contributed by atoms with Gasteiger partial charge in [-0.25, -0.2) is 8.78 Å². The first-order chi connectivity index (χ1) is 9.81. The third kappa shape index (κ3) is 3.85. The van der Waals surface area contributed by atoms with Crippen LogP contribution in [0.1, 0.15) is 19.3 Å². The van der Waals surface area contributed by atoms with Crippen molar-refractivity contribution in [1.82, 2.24) is 9.80 Å². The molecule has 4 nitrogen and oxygen atoms in total. The van der Waals surface area contributed by atoms with E-state index >= 15 is 0 Å². The Bertz CT molecular complexity index is 381. The summed E-state index contributed by atoms with van der Waals surface area (Å²) in [6.45, 7) is -0.918. The highest BCUT2D eigenvalue weighted by atomic mass is 19.3. The van der Waals surface area contributed by atoms with E-state index in [-0.39, 0.29) is 6.04 Å². The lowest BCUT2D eigenvalue weighted by molar-refractivity contribution is -0.171. The second-order valence-electron chi connectivity index (χ2n) is 5.73. The van der Waals surface area contributed by atoms with Gasteiger partial charge in [0.15, 0.2) is 0 Å². The molecule has 122 valence electrons. The molecule has 0 radical (unpaired) electrons. The second-order valence-corrected chi connectivity index (χ2v) is 5.73. The van der Waals surface area contributed by atoms with Crippen molar-refractivity contribution in [3.63, 3.8) is 0 Å². The minimum absolute atomic E-state index is 0.281. The van der Waals surface area contributed by atoms with E-state index in [0.29, 0.717) is 19.1 Å². The first-order valence-corrected chi connectivity index (χ1v) is 7.04. The number of nitrogens with zero attached hydrogens (tertiary/aromatic N) is 2. The van der Waals surface area contributed by atoms with Crippen LogP contribution in [-0.2, 0) is 9.53 Å². The molecule has 0 spiro atoms. The summed E-state index contributed by atoms with van der Waals surface area (Å²) in [5.41, 5.74) is 0. The molecule has 2 bridgehead atoms. The van der Waals surface area contributed by atoms with E-state index in [1.807, 2.05) is 7.05 Å². The van der Waals surface area contributed by atoms with Crippen LogP contribution in [0.2, 0.25) is 0 Å². The summed E-state index contributed by atoms with van der Waals surface area (Å²) < 4.78 is 53.7. The zero-order chi connectivity index (χ0) is 15.6. The van der Waals surface area contributed by atoms with Gasteiger partial charge in [-0.05, 0) is 26.3 Å². The van der Waals surface area contributed by atoms with Crippen molar-refractivity contribution in [2.45, 2.75) is 43.7 Å². The lowest BCUT2D eigenvalue weighted by Gasteiger charge is -2.26. The molecule has 1 amide bonds. The summed E-state index contributed by atoms with van der Waals surface area (Å²) in [4.78, 5) is 15.8. The Morgan fingerprint density at radius 3 is 2.62 bits per heavy atom. The number of ether oxygens (including phenoxy) is 1. The number of hydrogen-bond acceptors (Lipinski definition) is 3. The van der Waals surface area contributed by atoms with Crippen LogP contribution < -0.4 is 0 Å². The molecule has 2 atom stereocenters. The zero-order valence-electron chi connectivity index (χ0n) is 11.9. The highest BCUT2D eigenvalue weighted by molar-refractivity contribution is 5.77. The summed E-state index contributed by atoms with van der Waals surface area (Å²) >= 11 is 0. The van der Waals surface area contributed by atoms with Gasteiger partial charge in [0.05, 0.1) is 0 Å². The van der Waals surface area contributed by atoms with E-state index in [1.54, 1.807) is 4.90 Å². The summed E-state index contributed by atoms with van der Waals surface area (Å²) in [7, 11) is 2.02. The highest BCUT2D eigenvalue weighted by Gasteiger charge is 2.41. The molecule has 0 aromatic rings. The minimum atomic E-state index is -4.21. The average Bonchev–Trinajstić information content (AvgIpc) is 2.62. The fraction of sp³-hybridized carbons (Fsp3) is 0.923. The largest absolute Gasteiger partial charge is 0.365 e. The van der Waals surface area contributed by atoms with Crippen molar-refractivity contribution in [2.75, 3.05) is 33.4 Å². The van der Waals surface area contributed by atoms with E-state index in [9.17, 15) is 22.4 Å². The Balaban J connectivity index is 1.79. The quantitative estimate of drug-likeness (QED) is 0.723. The van der Waals surface area contributed by atoms with Gasteiger partial charge in [0.2, 0.25) is 5.91 Å². The van der Waals surface area contributed by atoms with Crippen molar-refractivity contribution >= 4 is 5.91 Å². The number of likely N-dealkylation sites (N-methyl/N-ethyl adjacent to an activating group) is 1. The molecule has 0 aliphatic carbocycles. The zero-order valence-corrected chi connectivity index (χ0v) is 11.9. The normalized spacial score (nSPS) is 27.2. The number of hydrogen-bond donors (Lipinski definition) is 0. The van der Waals surface area contributed by atoms with Crippen LogP contribution in [0.5, 0.6) is 0 Å².